The van der Waals surface area contributed by atoms with Crippen LogP contribution in [0.1, 0.15) is 32.2 Å². The van der Waals surface area contributed by atoms with Gasteiger partial charge in [0.05, 0.1) is 12.7 Å². The Morgan fingerprint density at radius 2 is 1.57 bits per heavy atom. The lowest BCUT2D eigenvalue weighted by Crippen LogP contribution is -2.14. The monoisotopic (exact) mass is 320 g/mol. The van der Waals surface area contributed by atoms with Crippen molar-refractivity contribution in [3.8, 4) is 5.75 Å². The number of fused-ring (bicyclic) bond motifs is 1. The minimum absolute atomic E-state index is 0.297. The molecular formula is C16H10Cl2O3. The standard InChI is InChI=1S/C16H10Cl2O3/c1-21-11-7-2-4-8-12(11)16(20)14(15(8)19)13-9(17)5-3-6-10(13)18/h2-7,14H,1H3. The van der Waals surface area contributed by atoms with Crippen LogP contribution >= 0.6 is 23.2 Å². The third kappa shape index (κ3) is 2.04. The summed E-state index contributed by atoms with van der Waals surface area (Å²) in [7, 11) is 1.46. The summed E-state index contributed by atoms with van der Waals surface area (Å²) in [5.74, 6) is -1.25. The van der Waals surface area contributed by atoms with Gasteiger partial charge < -0.3 is 4.74 Å². The van der Waals surface area contributed by atoms with Gasteiger partial charge in [-0.25, -0.2) is 0 Å². The van der Waals surface area contributed by atoms with Crippen LogP contribution in [0.15, 0.2) is 36.4 Å². The first-order valence-electron chi connectivity index (χ1n) is 6.25. The van der Waals surface area contributed by atoms with Crippen molar-refractivity contribution in [1.29, 1.82) is 0 Å². The van der Waals surface area contributed by atoms with Gasteiger partial charge in [-0.1, -0.05) is 41.4 Å². The molecule has 21 heavy (non-hydrogen) atoms. The SMILES string of the molecule is COc1cccc2c1C(=O)C(c1c(Cl)cccc1Cl)C2=O. The largest absolute Gasteiger partial charge is 0.496 e. The number of carbonyl (C=O) groups is 2. The van der Waals surface area contributed by atoms with E-state index < -0.39 is 5.92 Å². The highest BCUT2D eigenvalue weighted by molar-refractivity contribution is 6.39. The number of halogens is 2. The highest BCUT2D eigenvalue weighted by Gasteiger charge is 2.43. The summed E-state index contributed by atoms with van der Waals surface area (Å²) in [6.07, 6.45) is 0. The molecule has 106 valence electrons. The number of rotatable bonds is 2. The molecule has 0 saturated heterocycles. The quantitative estimate of drug-likeness (QED) is 0.780. The van der Waals surface area contributed by atoms with Gasteiger partial charge in [-0.15, -0.1) is 0 Å². The molecule has 0 heterocycles. The van der Waals surface area contributed by atoms with Crippen LogP contribution < -0.4 is 4.74 Å². The van der Waals surface area contributed by atoms with Crippen molar-refractivity contribution >= 4 is 34.8 Å². The maximum atomic E-state index is 12.7. The van der Waals surface area contributed by atoms with E-state index in [2.05, 4.69) is 0 Å². The average Bonchev–Trinajstić information content (AvgIpc) is 2.72. The Balaban J connectivity index is 2.21. The fraction of sp³-hybridized carbons (Fsp3) is 0.125. The Bertz CT molecular complexity index is 748. The van der Waals surface area contributed by atoms with Gasteiger partial charge in [-0.2, -0.15) is 0 Å². The fourth-order valence-electron chi connectivity index (χ4n) is 2.63. The van der Waals surface area contributed by atoms with Crippen molar-refractivity contribution in [3.63, 3.8) is 0 Å². The molecule has 0 aliphatic heterocycles. The first kappa shape index (κ1) is 14.1. The second-order valence-electron chi connectivity index (χ2n) is 4.68. The molecular weight excluding hydrogens is 311 g/mol. The van der Waals surface area contributed by atoms with Gasteiger partial charge in [0.25, 0.3) is 0 Å². The summed E-state index contributed by atoms with van der Waals surface area (Å²) >= 11 is 12.3. The minimum atomic E-state index is -1.00. The van der Waals surface area contributed by atoms with Crippen molar-refractivity contribution in [1.82, 2.24) is 0 Å². The summed E-state index contributed by atoms with van der Waals surface area (Å²) in [4.78, 5) is 25.3. The molecule has 0 bridgehead atoms. The Kier molecular flexibility index (Phi) is 3.47. The Labute approximate surface area is 131 Å². The van der Waals surface area contributed by atoms with Gasteiger partial charge in [0.15, 0.2) is 11.6 Å². The van der Waals surface area contributed by atoms with Gasteiger partial charge in [0, 0.05) is 21.2 Å². The highest BCUT2D eigenvalue weighted by atomic mass is 35.5. The lowest BCUT2D eigenvalue weighted by Gasteiger charge is -2.11. The average molecular weight is 321 g/mol. The normalized spacial score (nSPS) is 17.0. The topological polar surface area (TPSA) is 43.4 Å². The molecule has 5 heteroatoms. The van der Waals surface area contributed by atoms with Gasteiger partial charge >= 0.3 is 0 Å². The van der Waals surface area contributed by atoms with Gasteiger partial charge in [0.1, 0.15) is 11.7 Å². The number of carbonyl (C=O) groups excluding carboxylic acids is 2. The molecule has 2 aromatic carbocycles. The zero-order chi connectivity index (χ0) is 15.1. The van der Waals surface area contributed by atoms with Crippen LogP contribution in [0.4, 0.5) is 0 Å². The molecule has 1 aliphatic carbocycles. The van der Waals surface area contributed by atoms with E-state index in [1.807, 2.05) is 0 Å². The number of ketones is 2. The van der Waals surface area contributed by atoms with Crippen LogP contribution in [0, 0.1) is 0 Å². The molecule has 2 aromatic rings. The number of methoxy groups -OCH3 is 1. The van der Waals surface area contributed by atoms with Crippen LogP contribution in [0.5, 0.6) is 5.75 Å². The van der Waals surface area contributed by atoms with Crippen LogP contribution in [0.25, 0.3) is 0 Å². The van der Waals surface area contributed by atoms with E-state index in [4.69, 9.17) is 27.9 Å². The number of ether oxygens (including phenoxy) is 1. The summed E-state index contributed by atoms with van der Waals surface area (Å²) in [5, 5.41) is 0.613. The molecule has 0 N–H and O–H groups in total. The highest BCUT2D eigenvalue weighted by Crippen LogP contribution is 2.42. The Hall–Kier alpha value is -1.84. The maximum Gasteiger partial charge on any atom is 0.182 e. The predicted octanol–water partition coefficient (Wildman–Crippen LogP) is 4.16. The molecule has 0 saturated carbocycles. The third-order valence-corrected chi connectivity index (χ3v) is 4.23. The predicted molar refractivity (Wildman–Crippen MR) is 80.9 cm³/mol. The molecule has 1 atom stereocenters. The first-order chi connectivity index (χ1) is 10.1. The number of Topliss-reactive ketones (excluding diaryl/α,β-unsaturated/α-hetero) is 2. The fourth-order valence-corrected chi connectivity index (χ4v) is 3.24. The molecule has 0 aromatic heterocycles. The van der Waals surface area contributed by atoms with Crippen molar-refractivity contribution in [2.75, 3.05) is 7.11 Å². The second-order valence-corrected chi connectivity index (χ2v) is 5.49. The van der Waals surface area contributed by atoms with Crippen LogP contribution in [0.2, 0.25) is 10.0 Å². The third-order valence-electron chi connectivity index (χ3n) is 3.57. The summed E-state index contributed by atoms with van der Waals surface area (Å²) < 4.78 is 5.18. The van der Waals surface area contributed by atoms with Crippen LogP contribution in [-0.4, -0.2) is 18.7 Å². The van der Waals surface area contributed by atoms with E-state index in [-0.39, 0.29) is 11.6 Å². The number of hydrogen-bond donors (Lipinski definition) is 0. The van der Waals surface area contributed by atoms with Crippen molar-refractivity contribution in [3.05, 3.63) is 63.1 Å². The zero-order valence-electron chi connectivity index (χ0n) is 11.0. The van der Waals surface area contributed by atoms with Crippen molar-refractivity contribution < 1.29 is 14.3 Å². The molecule has 3 rings (SSSR count). The smallest absolute Gasteiger partial charge is 0.182 e. The molecule has 0 fully saturated rings. The summed E-state index contributed by atoms with van der Waals surface area (Å²) in [5.41, 5.74) is 1.00. The van der Waals surface area contributed by atoms with Crippen molar-refractivity contribution in [2.24, 2.45) is 0 Å². The van der Waals surface area contributed by atoms with E-state index in [0.717, 1.165) is 0 Å². The second kappa shape index (κ2) is 5.17. The van der Waals surface area contributed by atoms with Crippen molar-refractivity contribution in [2.45, 2.75) is 5.92 Å². The van der Waals surface area contributed by atoms with Crippen LogP contribution in [0.3, 0.4) is 0 Å². The van der Waals surface area contributed by atoms with E-state index >= 15 is 0 Å². The number of benzene rings is 2. The molecule has 0 radical (unpaired) electrons. The Morgan fingerprint density at radius 3 is 2.19 bits per heavy atom. The molecule has 0 spiro atoms. The van der Waals surface area contributed by atoms with Gasteiger partial charge in [-0.3, -0.25) is 9.59 Å². The van der Waals surface area contributed by atoms with E-state index in [1.54, 1.807) is 36.4 Å². The lowest BCUT2D eigenvalue weighted by molar-refractivity contribution is 0.0889. The molecule has 0 amide bonds. The van der Waals surface area contributed by atoms with Gasteiger partial charge in [-0.05, 0) is 18.2 Å². The molecule has 3 nitrogen and oxygen atoms in total. The van der Waals surface area contributed by atoms with E-state index in [9.17, 15) is 9.59 Å². The zero-order valence-corrected chi connectivity index (χ0v) is 12.5. The minimum Gasteiger partial charge on any atom is -0.496 e. The maximum absolute atomic E-state index is 12.7. The molecule has 1 aliphatic rings. The lowest BCUT2D eigenvalue weighted by atomic mass is 9.94. The summed E-state index contributed by atoms with van der Waals surface area (Å²) in [6.45, 7) is 0. The first-order valence-corrected chi connectivity index (χ1v) is 7.01. The van der Waals surface area contributed by atoms with E-state index in [0.29, 0.717) is 32.5 Å². The Morgan fingerprint density at radius 1 is 0.952 bits per heavy atom. The van der Waals surface area contributed by atoms with Gasteiger partial charge in [0.2, 0.25) is 0 Å². The van der Waals surface area contributed by atoms with Crippen LogP contribution in [-0.2, 0) is 0 Å². The van der Waals surface area contributed by atoms with E-state index in [1.165, 1.54) is 7.11 Å². The number of hydrogen-bond acceptors (Lipinski definition) is 3. The summed E-state index contributed by atoms with van der Waals surface area (Å²) in [6, 6.07) is 9.85. The molecule has 1 unspecified atom stereocenters.